The molecule has 192 valence electrons. The lowest BCUT2D eigenvalue weighted by Crippen LogP contribution is -2.64. The van der Waals surface area contributed by atoms with Crippen molar-refractivity contribution in [1.29, 1.82) is 5.26 Å². The molecule has 1 saturated carbocycles. The van der Waals surface area contributed by atoms with Gasteiger partial charge in [-0.3, -0.25) is 9.36 Å². The molecule has 4 aromatic rings. The smallest absolute Gasteiger partial charge is 0.254 e. The predicted octanol–water partition coefficient (Wildman–Crippen LogP) is 3.69. The minimum absolute atomic E-state index is 0.0241. The second kappa shape index (κ2) is 9.23. The Kier molecular flexibility index (Phi) is 5.84. The molecule has 9 nitrogen and oxygen atoms in total. The third-order valence-corrected chi connectivity index (χ3v) is 7.87. The Labute approximate surface area is 221 Å². The molecule has 38 heavy (non-hydrogen) atoms. The molecule has 2 aliphatic rings. The lowest BCUT2D eigenvalue weighted by molar-refractivity contribution is -0.163. The number of benzene rings is 1. The highest BCUT2D eigenvalue weighted by Crippen LogP contribution is 2.39. The number of aromatic nitrogens is 4. The third kappa shape index (κ3) is 3.89. The van der Waals surface area contributed by atoms with Crippen LogP contribution in [0.2, 0.25) is 0 Å². The molecule has 1 saturated heterocycles. The molecule has 1 aromatic carbocycles. The van der Waals surface area contributed by atoms with Gasteiger partial charge in [0.1, 0.15) is 23.6 Å². The lowest BCUT2D eigenvalue weighted by Gasteiger charge is -2.48. The number of amides is 1. The fourth-order valence-electron chi connectivity index (χ4n) is 5.59. The molecule has 1 aliphatic carbocycles. The van der Waals surface area contributed by atoms with Crippen LogP contribution in [0, 0.1) is 11.3 Å². The molecule has 2 fully saturated rings. The van der Waals surface area contributed by atoms with Crippen LogP contribution in [0.1, 0.15) is 38.7 Å². The maximum absolute atomic E-state index is 13.2. The van der Waals surface area contributed by atoms with Crippen LogP contribution in [0.4, 0.5) is 5.82 Å². The number of hydrogen-bond acceptors (Lipinski definition) is 7. The Balaban J connectivity index is 1.46. The molecule has 1 N–H and O–H groups in total. The zero-order valence-corrected chi connectivity index (χ0v) is 21.4. The number of aliphatic hydroxyl groups is 1. The Morgan fingerprint density at radius 3 is 2.58 bits per heavy atom. The summed E-state index contributed by atoms with van der Waals surface area (Å²) >= 11 is 0. The molecule has 1 aliphatic heterocycles. The van der Waals surface area contributed by atoms with Gasteiger partial charge in [0.25, 0.3) is 5.91 Å². The molecular formula is C29H29N7O2. The van der Waals surface area contributed by atoms with Crippen molar-refractivity contribution in [3.05, 3.63) is 66.7 Å². The normalized spacial score (nSPS) is 20.7. The van der Waals surface area contributed by atoms with Gasteiger partial charge in [-0.05, 0) is 50.8 Å². The second-order valence-corrected chi connectivity index (χ2v) is 10.4. The van der Waals surface area contributed by atoms with Gasteiger partial charge in [0.15, 0.2) is 5.65 Å². The number of nitriles is 1. The first-order chi connectivity index (χ1) is 18.4. The minimum Gasteiger partial charge on any atom is -0.380 e. The maximum atomic E-state index is 13.2. The highest BCUT2D eigenvalue weighted by atomic mass is 16.3. The van der Waals surface area contributed by atoms with Gasteiger partial charge in [0.05, 0.1) is 17.0 Å². The minimum atomic E-state index is -1.21. The summed E-state index contributed by atoms with van der Waals surface area (Å²) in [5, 5.41) is 21.0. The summed E-state index contributed by atoms with van der Waals surface area (Å²) in [6.45, 7) is 5.19. The van der Waals surface area contributed by atoms with Crippen LogP contribution in [0.25, 0.3) is 28.0 Å². The van der Waals surface area contributed by atoms with Crippen molar-refractivity contribution >= 4 is 22.8 Å². The summed E-state index contributed by atoms with van der Waals surface area (Å²) in [5.41, 5.74) is 1.98. The van der Waals surface area contributed by atoms with Crippen molar-refractivity contribution in [3.63, 3.8) is 0 Å². The standard InChI is InChI=1S/C29H29N7O2/c1-19-16-35(28(37)29(38)10-6-11-29)20(2)15-34(19)26-25-23(22-7-4-3-5-8-22)17-36(27(25)33-18-32-26)24-13-21(14-30)9-12-31-24/h3-5,7-9,12-13,17-20,38H,6,10-11,15-16H2,1-2H3/t19-,20+/m0/s1. The molecule has 0 unspecified atom stereocenters. The van der Waals surface area contributed by atoms with Gasteiger partial charge in [0, 0.05) is 43.1 Å². The summed E-state index contributed by atoms with van der Waals surface area (Å²) < 4.78 is 1.91. The van der Waals surface area contributed by atoms with Gasteiger partial charge in [-0.1, -0.05) is 30.3 Å². The van der Waals surface area contributed by atoms with E-state index in [9.17, 15) is 15.2 Å². The van der Waals surface area contributed by atoms with E-state index in [4.69, 9.17) is 4.98 Å². The molecule has 9 heteroatoms. The third-order valence-electron chi connectivity index (χ3n) is 7.87. The van der Waals surface area contributed by atoms with E-state index in [0.29, 0.717) is 43.0 Å². The SMILES string of the molecule is C[C@@H]1CN(c2ncnc3c2c(-c2ccccc2)cn3-c2cc(C#N)ccn2)[C@@H](C)CN1C(=O)C1(O)CCC1. The topological polar surface area (TPSA) is 111 Å². The Morgan fingerprint density at radius 2 is 1.87 bits per heavy atom. The number of piperazine rings is 1. The summed E-state index contributed by atoms with van der Waals surface area (Å²) in [6, 6.07) is 15.6. The van der Waals surface area contributed by atoms with Gasteiger partial charge in [0.2, 0.25) is 0 Å². The summed E-state index contributed by atoms with van der Waals surface area (Å²) in [5.74, 6) is 1.24. The number of pyridine rings is 1. The van der Waals surface area contributed by atoms with E-state index in [2.05, 4.69) is 40.0 Å². The Bertz CT molecular complexity index is 1550. The largest absolute Gasteiger partial charge is 0.380 e. The summed E-state index contributed by atoms with van der Waals surface area (Å²) in [4.78, 5) is 31.2. The van der Waals surface area contributed by atoms with Gasteiger partial charge in [-0.2, -0.15) is 5.26 Å². The number of hydrogen-bond donors (Lipinski definition) is 1. The molecule has 0 spiro atoms. The van der Waals surface area contributed by atoms with Crippen molar-refractivity contribution in [2.24, 2.45) is 0 Å². The molecule has 2 atom stereocenters. The van der Waals surface area contributed by atoms with Crippen LogP contribution in [0.5, 0.6) is 0 Å². The van der Waals surface area contributed by atoms with E-state index in [1.165, 1.54) is 0 Å². The number of nitrogens with zero attached hydrogens (tertiary/aromatic N) is 7. The second-order valence-electron chi connectivity index (χ2n) is 10.4. The molecule has 6 rings (SSSR count). The first-order valence-electron chi connectivity index (χ1n) is 13.0. The van der Waals surface area contributed by atoms with Gasteiger partial charge < -0.3 is 14.9 Å². The number of carbonyl (C=O) groups is 1. The molecule has 0 radical (unpaired) electrons. The number of rotatable bonds is 4. The molecule has 0 bridgehead atoms. The summed E-state index contributed by atoms with van der Waals surface area (Å²) in [7, 11) is 0. The van der Waals surface area contributed by atoms with Crippen LogP contribution < -0.4 is 4.90 Å². The van der Waals surface area contributed by atoms with E-state index in [1.807, 2.05) is 40.8 Å². The Morgan fingerprint density at radius 1 is 1.08 bits per heavy atom. The van der Waals surface area contributed by atoms with Gasteiger partial charge in [-0.25, -0.2) is 15.0 Å². The number of carbonyl (C=O) groups excluding carboxylic acids is 1. The number of fused-ring (bicyclic) bond motifs is 1. The van der Waals surface area contributed by atoms with E-state index in [1.54, 1.807) is 24.7 Å². The van der Waals surface area contributed by atoms with Crippen molar-refractivity contribution in [2.75, 3.05) is 18.0 Å². The molecule has 1 amide bonds. The molecule has 3 aromatic heterocycles. The zero-order chi connectivity index (χ0) is 26.4. The van der Waals surface area contributed by atoms with Crippen LogP contribution in [-0.2, 0) is 4.79 Å². The fraction of sp³-hybridized carbons (Fsp3) is 0.345. The maximum Gasteiger partial charge on any atom is 0.254 e. The van der Waals surface area contributed by atoms with Crippen molar-refractivity contribution in [3.8, 4) is 23.0 Å². The first-order valence-corrected chi connectivity index (χ1v) is 13.0. The average molecular weight is 508 g/mol. The monoisotopic (exact) mass is 507 g/mol. The van der Waals surface area contributed by atoms with Crippen molar-refractivity contribution < 1.29 is 9.90 Å². The average Bonchev–Trinajstić information content (AvgIpc) is 3.33. The highest BCUT2D eigenvalue weighted by molar-refractivity contribution is 6.02. The zero-order valence-electron chi connectivity index (χ0n) is 21.4. The first kappa shape index (κ1) is 24.1. The van der Waals surface area contributed by atoms with E-state index < -0.39 is 5.60 Å². The van der Waals surface area contributed by atoms with Crippen LogP contribution in [0.3, 0.4) is 0 Å². The molecule has 4 heterocycles. The van der Waals surface area contributed by atoms with Crippen LogP contribution in [-0.4, -0.2) is 66.2 Å². The quantitative estimate of drug-likeness (QED) is 0.448. The van der Waals surface area contributed by atoms with E-state index >= 15 is 0 Å². The van der Waals surface area contributed by atoms with Gasteiger partial charge in [-0.15, -0.1) is 0 Å². The Hall–Kier alpha value is -4.29. The summed E-state index contributed by atoms with van der Waals surface area (Å²) in [6.07, 6.45) is 7.14. The van der Waals surface area contributed by atoms with Crippen LogP contribution in [0.15, 0.2) is 61.2 Å². The fourth-order valence-corrected chi connectivity index (χ4v) is 5.59. The van der Waals surface area contributed by atoms with E-state index in [0.717, 1.165) is 28.8 Å². The van der Waals surface area contributed by atoms with Crippen LogP contribution >= 0.6 is 0 Å². The highest BCUT2D eigenvalue weighted by Gasteiger charge is 2.47. The molecular weight excluding hydrogens is 478 g/mol. The van der Waals surface area contributed by atoms with Crippen molar-refractivity contribution in [2.45, 2.75) is 50.8 Å². The van der Waals surface area contributed by atoms with E-state index in [-0.39, 0.29) is 18.0 Å². The van der Waals surface area contributed by atoms with Crippen molar-refractivity contribution in [1.82, 2.24) is 24.4 Å². The van der Waals surface area contributed by atoms with Gasteiger partial charge >= 0.3 is 0 Å². The number of anilines is 1. The lowest BCUT2D eigenvalue weighted by atomic mass is 9.78. The predicted molar refractivity (Wildman–Crippen MR) is 144 cm³/mol.